The third-order valence-electron chi connectivity index (χ3n) is 7.18. The van der Waals surface area contributed by atoms with Gasteiger partial charge in [-0.05, 0) is 37.6 Å². The van der Waals surface area contributed by atoms with Gasteiger partial charge in [-0.2, -0.15) is 0 Å². The highest BCUT2D eigenvalue weighted by Crippen LogP contribution is 2.53. The molecule has 34 heavy (non-hydrogen) atoms. The van der Waals surface area contributed by atoms with Gasteiger partial charge in [0.05, 0.1) is 38.4 Å². The van der Waals surface area contributed by atoms with Gasteiger partial charge in [-0.1, -0.05) is 24.3 Å². The maximum absolute atomic E-state index is 14.1. The van der Waals surface area contributed by atoms with Gasteiger partial charge in [0.25, 0.3) is 5.91 Å². The van der Waals surface area contributed by atoms with Gasteiger partial charge in [-0.25, -0.2) is 0 Å². The van der Waals surface area contributed by atoms with E-state index in [0.29, 0.717) is 17.9 Å². The highest BCUT2D eigenvalue weighted by atomic mass is 16.6. The number of amides is 2. The molecule has 2 amide bonds. The van der Waals surface area contributed by atoms with Crippen molar-refractivity contribution in [2.45, 2.75) is 37.1 Å². The first-order valence-corrected chi connectivity index (χ1v) is 11.5. The van der Waals surface area contributed by atoms with Crippen LogP contribution in [0, 0.1) is 11.8 Å². The summed E-state index contributed by atoms with van der Waals surface area (Å²) >= 11 is 0. The van der Waals surface area contributed by atoms with Crippen LogP contribution >= 0.6 is 0 Å². The number of ether oxygens (including phenoxy) is 3. The highest BCUT2D eigenvalue weighted by molar-refractivity contribution is 6.05. The van der Waals surface area contributed by atoms with Crippen LogP contribution < -0.4 is 9.64 Å². The fraction of sp³-hybridized carbons (Fsp3) is 0.480. The van der Waals surface area contributed by atoms with Crippen molar-refractivity contribution < 1.29 is 33.7 Å². The van der Waals surface area contributed by atoms with E-state index in [9.17, 15) is 19.5 Å². The Hall–Kier alpha value is -3.17. The van der Waals surface area contributed by atoms with E-state index >= 15 is 0 Å². The summed E-state index contributed by atoms with van der Waals surface area (Å²) in [6.07, 6.45) is 7.12. The van der Waals surface area contributed by atoms with Crippen LogP contribution in [0.5, 0.6) is 5.75 Å². The first kappa shape index (κ1) is 22.6. The van der Waals surface area contributed by atoms with E-state index in [4.69, 9.17) is 14.2 Å². The molecule has 9 heteroatoms. The molecule has 0 radical (unpaired) electrons. The van der Waals surface area contributed by atoms with E-state index in [2.05, 4.69) is 0 Å². The molecule has 180 valence electrons. The molecular formula is C25H28N2O7. The molecule has 2 saturated heterocycles. The average Bonchev–Trinajstić information content (AvgIpc) is 3.22. The van der Waals surface area contributed by atoms with Crippen LogP contribution in [0.4, 0.5) is 5.69 Å². The number of likely N-dealkylation sites (tertiary alicyclic amines) is 1. The number of cyclic esters (lactones) is 1. The molecule has 0 bridgehead atoms. The molecule has 4 aliphatic heterocycles. The van der Waals surface area contributed by atoms with Crippen molar-refractivity contribution in [1.29, 1.82) is 0 Å². The Morgan fingerprint density at radius 3 is 2.65 bits per heavy atom. The van der Waals surface area contributed by atoms with Crippen molar-refractivity contribution in [2.24, 2.45) is 11.8 Å². The van der Waals surface area contributed by atoms with Gasteiger partial charge in [-0.3, -0.25) is 14.4 Å². The smallest absolute Gasteiger partial charge is 0.312 e. The van der Waals surface area contributed by atoms with E-state index in [-0.39, 0.29) is 31.6 Å². The molecule has 0 aromatic heterocycles. The van der Waals surface area contributed by atoms with E-state index in [1.54, 1.807) is 55.4 Å². The summed E-state index contributed by atoms with van der Waals surface area (Å²) in [4.78, 5) is 43.9. The molecule has 1 spiro atoms. The Labute approximate surface area is 197 Å². The van der Waals surface area contributed by atoms with Crippen LogP contribution in [0.15, 0.2) is 48.6 Å². The minimum atomic E-state index is -1.35. The van der Waals surface area contributed by atoms with Gasteiger partial charge in [0.2, 0.25) is 5.91 Å². The van der Waals surface area contributed by atoms with Crippen LogP contribution in [0.1, 0.15) is 13.3 Å². The fourth-order valence-electron chi connectivity index (χ4n) is 5.60. The second kappa shape index (κ2) is 8.56. The zero-order chi connectivity index (χ0) is 24.0. The van der Waals surface area contributed by atoms with Crippen LogP contribution in [0.3, 0.4) is 0 Å². The molecule has 1 N–H and O–H groups in total. The summed E-state index contributed by atoms with van der Waals surface area (Å²) in [6, 6.07) is 5.40. The van der Waals surface area contributed by atoms with Crippen molar-refractivity contribution >= 4 is 23.5 Å². The molecule has 2 fully saturated rings. The van der Waals surface area contributed by atoms with Crippen LogP contribution in [-0.2, 0) is 23.9 Å². The van der Waals surface area contributed by atoms with Crippen molar-refractivity contribution in [2.75, 3.05) is 31.8 Å². The molecule has 5 rings (SSSR count). The Morgan fingerprint density at radius 2 is 1.94 bits per heavy atom. The van der Waals surface area contributed by atoms with Crippen molar-refractivity contribution in [3.63, 3.8) is 0 Å². The maximum atomic E-state index is 14.1. The van der Waals surface area contributed by atoms with Gasteiger partial charge in [0.1, 0.15) is 23.3 Å². The minimum Gasteiger partial charge on any atom is -0.497 e. The molecule has 1 aromatic rings. The summed E-state index contributed by atoms with van der Waals surface area (Å²) in [5.74, 6) is -2.36. The topological polar surface area (TPSA) is 106 Å². The summed E-state index contributed by atoms with van der Waals surface area (Å²) in [6.45, 7) is 1.85. The molecular weight excluding hydrogens is 440 g/mol. The lowest BCUT2D eigenvalue weighted by Gasteiger charge is -2.37. The van der Waals surface area contributed by atoms with Crippen molar-refractivity contribution in [3.05, 3.63) is 48.6 Å². The Morgan fingerprint density at radius 1 is 1.18 bits per heavy atom. The number of fused-ring (bicyclic) bond motifs is 2. The molecule has 9 nitrogen and oxygen atoms in total. The monoisotopic (exact) mass is 468 g/mol. The third kappa shape index (κ3) is 3.25. The first-order valence-electron chi connectivity index (χ1n) is 11.5. The van der Waals surface area contributed by atoms with Crippen LogP contribution in [0.25, 0.3) is 0 Å². The van der Waals surface area contributed by atoms with Gasteiger partial charge >= 0.3 is 5.97 Å². The number of hydrogen-bond donors (Lipinski definition) is 1. The number of carbonyl (C=O) groups is 3. The van der Waals surface area contributed by atoms with E-state index < -0.39 is 41.6 Å². The number of anilines is 1. The lowest BCUT2D eigenvalue weighted by Crippen LogP contribution is -2.57. The Bertz CT molecular complexity index is 1050. The fourth-order valence-corrected chi connectivity index (χ4v) is 5.60. The standard InChI is InChI=1S/C25H28N2O7/c1-15(14-28)27-21-23(30)26(16-7-9-17(32-2)10-8-16)12-5-11-25(21)20(22(27)29)19-18(34-25)6-3-4-13-33-24(19)31/h3,5-11,15,18-21,28H,4,12-14H2,1-2H3/t15-,18+,19-,20+,21?,25+/m1/s1. The van der Waals surface area contributed by atoms with Gasteiger partial charge in [-0.15, -0.1) is 0 Å². The highest BCUT2D eigenvalue weighted by Gasteiger charge is 2.72. The number of aliphatic hydroxyl groups is 1. The lowest BCUT2D eigenvalue weighted by atomic mass is 9.77. The lowest BCUT2D eigenvalue weighted by molar-refractivity contribution is -0.155. The number of nitrogens with zero attached hydrogens (tertiary/aromatic N) is 2. The zero-order valence-corrected chi connectivity index (χ0v) is 19.1. The van der Waals surface area contributed by atoms with E-state index in [1.807, 2.05) is 12.2 Å². The normalized spacial score (nSPS) is 33.4. The number of rotatable bonds is 4. The summed E-state index contributed by atoms with van der Waals surface area (Å²) in [7, 11) is 1.57. The SMILES string of the molecule is COc1ccc(N2CC=C[C@]34O[C@H]5C=CCCOC(=O)[C@H]5[C@H]3C(=O)N([C@H](C)CO)C4C2=O)cc1. The number of hydrogen-bond acceptors (Lipinski definition) is 7. The Balaban J connectivity index is 1.61. The molecule has 6 atom stereocenters. The van der Waals surface area contributed by atoms with Gasteiger partial charge in [0.15, 0.2) is 0 Å². The van der Waals surface area contributed by atoms with Gasteiger partial charge in [0, 0.05) is 12.2 Å². The molecule has 1 unspecified atom stereocenters. The summed E-state index contributed by atoms with van der Waals surface area (Å²) < 4.78 is 17.1. The van der Waals surface area contributed by atoms with E-state index in [0.717, 1.165) is 0 Å². The summed E-state index contributed by atoms with van der Waals surface area (Å²) in [5.41, 5.74) is -0.703. The molecule has 4 heterocycles. The minimum absolute atomic E-state index is 0.229. The Kier molecular flexibility index (Phi) is 5.69. The number of methoxy groups -OCH3 is 1. The van der Waals surface area contributed by atoms with Crippen molar-refractivity contribution in [3.8, 4) is 5.75 Å². The molecule has 0 aliphatic carbocycles. The average molecular weight is 469 g/mol. The second-order valence-electron chi connectivity index (χ2n) is 9.05. The molecule has 1 aromatic carbocycles. The third-order valence-corrected chi connectivity index (χ3v) is 7.18. The van der Waals surface area contributed by atoms with E-state index in [1.165, 1.54) is 4.90 Å². The number of benzene rings is 1. The summed E-state index contributed by atoms with van der Waals surface area (Å²) in [5, 5.41) is 9.93. The maximum Gasteiger partial charge on any atom is 0.312 e. The second-order valence-corrected chi connectivity index (χ2v) is 9.05. The largest absolute Gasteiger partial charge is 0.497 e. The number of esters is 1. The first-order chi connectivity index (χ1) is 16.4. The zero-order valence-electron chi connectivity index (χ0n) is 19.1. The van der Waals surface area contributed by atoms with Crippen LogP contribution in [0.2, 0.25) is 0 Å². The number of carbonyl (C=O) groups excluding carboxylic acids is 3. The van der Waals surface area contributed by atoms with Crippen molar-refractivity contribution in [1.82, 2.24) is 4.90 Å². The molecule has 0 saturated carbocycles. The predicted octanol–water partition coefficient (Wildman–Crippen LogP) is 1.06. The molecule has 4 aliphatic rings. The predicted molar refractivity (Wildman–Crippen MR) is 121 cm³/mol. The van der Waals surface area contributed by atoms with Crippen LogP contribution in [-0.4, -0.2) is 78.4 Å². The quantitative estimate of drug-likeness (QED) is 0.520. The van der Waals surface area contributed by atoms with Gasteiger partial charge < -0.3 is 29.1 Å². The number of aliphatic hydroxyl groups excluding tert-OH is 1.